The molecule has 2 heterocycles. The van der Waals surface area contributed by atoms with Crippen LogP contribution in [-0.2, 0) is 6.42 Å². The molecule has 0 aromatic carbocycles. The van der Waals surface area contributed by atoms with Gasteiger partial charge in [0.05, 0.1) is 33.9 Å². The van der Waals surface area contributed by atoms with Crippen LogP contribution >= 0.6 is 27.5 Å². The molecule has 0 saturated heterocycles. The van der Waals surface area contributed by atoms with Crippen LogP contribution in [0.2, 0.25) is 5.02 Å². The molecular formula is C9H5BrClN3. The fourth-order valence-corrected chi connectivity index (χ4v) is 2.15. The van der Waals surface area contributed by atoms with Gasteiger partial charge in [0.2, 0.25) is 0 Å². The van der Waals surface area contributed by atoms with E-state index in [0.717, 1.165) is 15.8 Å². The predicted octanol–water partition coefficient (Wildman–Crippen LogP) is 2.82. The van der Waals surface area contributed by atoms with Crippen molar-refractivity contribution in [1.29, 1.82) is 5.26 Å². The summed E-state index contributed by atoms with van der Waals surface area (Å²) in [6.45, 7) is 0. The van der Waals surface area contributed by atoms with Crippen molar-refractivity contribution in [1.82, 2.24) is 9.38 Å². The Kier molecular flexibility index (Phi) is 2.44. The number of aromatic nitrogens is 2. The largest absolute Gasteiger partial charge is 0.301 e. The fraction of sp³-hybridized carbons (Fsp3) is 0.111. The van der Waals surface area contributed by atoms with Crippen molar-refractivity contribution in [3.63, 3.8) is 0 Å². The number of halogens is 2. The molecule has 3 nitrogen and oxygen atoms in total. The second kappa shape index (κ2) is 3.60. The molecule has 0 atom stereocenters. The van der Waals surface area contributed by atoms with Gasteiger partial charge in [0.15, 0.2) is 5.65 Å². The van der Waals surface area contributed by atoms with Crippen molar-refractivity contribution in [2.45, 2.75) is 6.42 Å². The Hall–Kier alpha value is -1.05. The Morgan fingerprint density at radius 1 is 1.64 bits per heavy atom. The lowest BCUT2D eigenvalue weighted by molar-refractivity contribution is 1.05. The molecule has 0 aliphatic heterocycles. The van der Waals surface area contributed by atoms with Gasteiger partial charge in [-0.1, -0.05) is 11.6 Å². The van der Waals surface area contributed by atoms with Crippen molar-refractivity contribution >= 4 is 33.2 Å². The SMILES string of the molecule is N#CCc1cnc2c(Br)cc(Cl)cn12. The first-order valence-corrected chi connectivity index (χ1v) is 5.07. The van der Waals surface area contributed by atoms with E-state index in [1.165, 1.54) is 0 Å². The summed E-state index contributed by atoms with van der Waals surface area (Å²) in [5, 5.41) is 9.21. The van der Waals surface area contributed by atoms with E-state index in [0.29, 0.717) is 11.4 Å². The van der Waals surface area contributed by atoms with E-state index < -0.39 is 0 Å². The smallest absolute Gasteiger partial charge is 0.151 e. The molecule has 0 N–H and O–H groups in total. The molecule has 0 unspecified atom stereocenters. The molecule has 70 valence electrons. The van der Waals surface area contributed by atoms with Gasteiger partial charge in [-0.05, 0) is 22.0 Å². The Bertz CT molecular complexity index is 527. The molecule has 0 bridgehead atoms. The second-order valence-corrected chi connectivity index (χ2v) is 4.08. The zero-order valence-electron chi connectivity index (χ0n) is 7.04. The van der Waals surface area contributed by atoms with Crippen LogP contribution in [0.5, 0.6) is 0 Å². The lowest BCUT2D eigenvalue weighted by Crippen LogP contribution is -1.91. The van der Waals surface area contributed by atoms with Crippen molar-refractivity contribution in [3.05, 3.63) is 33.6 Å². The Morgan fingerprint density at radius 3 is 3.14 bits per heavy atom. The minimum absolute atomic E-state index is 0.327. The first-order chi connectivity index (χ1) is 6.72. The predicted molar refractivity (Wildman–Crippen MR) is 57.2 cm³/mol. The summed E-state index contributed by atoms with van der Waals surface area (Å²) in [4.78, 5) is 4.18. The molecule has 0 spiro atoms. The highest BCUT2D eigenvalue weighted by Gasteiger charge is 2.06. The van der Waals surface area contributed by atoms with Gasteiger partial charge in [0, 0.05) is 6.20 Å². The molecule has 0 aliphatic carbocycles. The third-order valence-electron chi connectivity index (χ3n) is 1.86. The number of imidazole rings is 1. The van der Waals surface area contributed by atoms with Gasteiger partial charge in [-0.15, -0.1) is 0 Å². The third kappa shape index (κ3) is 1.49. The summed E-state index contributed by atoms with van der Waals surface area (Å²) >= 11 is 9.25. The van der Waals surface area contributed by atoms with E-state index in [1.807, 2.05) is 4.40 Å². The molecule has 0 saturated carbocycles. The highest BCUT2D eigenvalue weighted by atomic mass is 79.9. The van der Waals surface area contributed by atoms with E-state index in [9.17, 15) is 0 Å². The van der Waals surface area contributed by atoms with Gasteiger partial charge in [-0.25, -0.2) is 4.98 Å². The van der Waals surface area contributed by atoms with Crippen LogP contribution in [0.4, 0.5) is 0 Å². The Balaban J connectivity index is 2.73. The van der Waals surface area contributed by atoms with E-state index in [2.05, 4.69) is 27.0 Å². The average molecular weight is 271 g/mol. The van der Waals surface area contributed by atoms with Gasteiger partial charge in [-0.2, -0.15) is 5.26 Å². The van der Waals surface area contributed by atoms with Crippen molar-refractivity contribution in [2.75, 3.05) is 0 Å². The zero-order valence-corrected chi connectivity index (χ0v) is 9.38. The first-order valence-electron chi connectivity index (χ1n) is 3.90. The Morgan fingerprint density at radius 2 is 2.43 bits per heavy atom. The van der Waals surface area contributed by atoms with Crippen molar-refractivity contribution in [2.24, 2.45) is 0 Å². The zero-order chi connectivity index (χ0) is 10.1. The molecule has 2 rings (SSSR count). The van der Waals surface area contributed by atoms with Gasteiger partial charge >= 0.3 is 0 Å². The fourth-order valence-electron chi connectivity index (χ4n) is 1.27. The van der Waals surface area contributed by atoms with E-state index in [-0.39, 0.29) is 0 Å². The van der Waals surface area contributed by atoms with Gasteiger partial charge < -0.3 is 4.40 Å². The lowest BCUT2D eigenvalue weighted by atomic mass is 10.3. The molecule has 14 heavy (non-hydrogen) atoms. The van der Waals surface area contributed by atoms with E-state index in [1.54, 1.807) is 18.5 Å². The molecule has 0 amide bonds. The monoisotopic (exact) mass is 269 g/mol. The minimum Gasteiger partial charge on any atom is -0.301 e. The summed E-state index contributed by atoms with van der Waals surface area (Å²) in [6, 6.07) is 3.86. The average Bonchev–Trinajstić information content (AvgIpc) is 2.49. The van der Waals surface area contributed by atoms with Crippen LogP contribution < -0.4 is 0 Å². The molecule has 2 aromatic rings. The summed E-state index contributed by atoms with van der Waals surface area (Å²) in [5.74, 6) is 0. The van der Waals surface area contributed by atoms with E-state index in [4.69, 9.17) is 16.9 Å². The number of nitrogens with zero attached hydrogens (tertiary/aromatic N) is 3. The highest BCUT2D eigenvalue weighted by Crippen LogP contribution is 2.22. The molecular weight excluding hydrogens is 265 g/mol. The van der Waals surface area contributed by atoms with Crippen LogP contribution in [0.25, 0.3) is 5.65 Å². The van der Waals surface area contributed by atoms with Crippen LogP contribution in [-0.4, -0.2) is 9.38 Å². The maximum atomic E-state index is 8.60. The van der Waals surface area contributed by atoms with Crippen LogP contribution in [0.15, 0.2) is 22.9 Å². The topological polar surface area (TPSA) is 41.1 Å². The highest BCUT2D eigenvalue weighted by molar-refractivity contribution is 9.10. The summed E-state index contributed by atoms with van der Waals surface area (Å²) in [6.07, 6.45) is 3.76. The lowest BCUT2D eigenvalue weighted by Gasteiger charge is -2.00. The normalized spacial score (nSPS) is 10.4. The molecule has 0 fully saturated rings. The third-order valence-corrected chi connectivity index (χ3v) is 2.65. The van der Waals surface area contributed by atoms with Crippen LogP contribution in [0.1, 0.15) is 5.69 Å². The minimum atomic E-state index is 0.327. The van der Waals surface area contributed by atoms with Crippen molar-refractivity contribution < 1.29 is 0 Å². The first kappa shape index (κ1) is 9.50. The molecule has 0 aliphatic rings. The standard InChI is InChI=1S/C9H5BrClN3/c10-8-3-6(11)5-14-7(1-2-12)4-13-9(8)14/h3-5H,1H2. The number of rotatable bonds is 1. The van der Waals surface area contributed by atoms with Crippen LogP contribution in [0.3, 0.4) is 0 Å². The number of pyridine rings is 1. The summed E-state index contributed by atoms with van der Waals surface area (Å²) in [5.41, 5.74) is 1.62. The van der Waals surface area contributed by atoms with Crippen LogP contribution in [0, 0.1) is 11.3 Å². The number of fused-ring (bicyclic) bond motifs is 1. The Labute approximate surface area is 94.1 Å². The quantitative estimate of drug-likeness (QED) is 0.799. The van der Waals surface area contributed by atoms with Gasteiger partial charge in [0.25, 0.3) is 0 Å². The maximum absolute atomic E-state index is 8.60. The molecule has 5 heteroatoms. The summed E-state index contributed by atoms with van der Waals surface area (Å²) < 4.78 is 2.64. The van der Waals surface area contributed by atoms with Gasteiger partial charge in [-0.3, -0.25) is 0 Å². The number of nitriles is 1. The second-order valence-electron chi connectivity index (χ2n) is 2.78. The molecule has 0 radical (unpaired) electrons. The maximum Gasteiger partial charge on any atom is 0.151 e. The van der Waals surface area contributed by atoms with E-state index >= 15 is 0 Å². The number of hydrogen-bond acceptors (Lipinski definition) is 2. The van der Waals surface area contributed by atoms with Crippen molar-refractivity contribution in [3.8, 4) is 6.07 Å². The number of hydrogen-bond donors (Lipinski definition) is 0. The summed E-state index contributed by atoms with van der Waals surface area (Å²) in [7, 11) is 0. The van der Waals surface area contributed by atoms with Gasteiger partial charge in [0.1, 0.15) is 0 Å². The molecule has 2 aromatic heterocycles.